The van der Waals surface area contributed by atoms with Crippen molar-refractivity contribution < 1.29 is 9.53 Å². The lowest BCUT2D eigenvalue weighted by Gasteiger charge is -2.15. The summed E-state index contributed by atoms with van der Waals surface area (Å²) >= 11 is 7.97. The number of thiazole rings is 1. The van der Waals surface area contributed by atoms with Crippen LogP contribution < -0.4 is 15.0 Å². The number of carbonyl (C=O) groups excluding carboxylic acids is 1. The molecule has 1 aromatic carbocycles. The van der Waals surface area contributed by atoms with Gasteiger partial charge in [0.1, 0.15) is 5.75 Å². The van der Waals surface area contributed by atoms with Crippen LogP contribution in [0.4, 0.5) is 5.13 Å². The maximum absolute atomic E-state index is 12.1. The lowest BCUT2D eigenvalue weighted by atomic mass is 9.93. The minimum Gasteiger partial charge on any atom is -0.492 e. The molecule has 0 aliphatic carbocycles. The topological polar surface area (TPSA) is 54.5 Å². The highest BCUT2D eigenvalue weighted by molar-refractivity contribution is 7.15. The van der Waals surface area contributed by atoms with Crippen LogP contribution in [0.5, 0.6) is 5.75 Å². The van der Waals surface area contributed by atoms with E-state index in [2.05, 4.69) is 10.3 Å². The fourth-order valence-corrected chi connectivity index (χ4v) is 4.12. The summed E-state index contributed by atoms with van der Waals surface area (Å²) in [5.74, 6) is 0.656. The van der Waals surface area contributed by atoms with Crippen LogP contribution in [0.25, 0.3) is 0 Å². The number of aromatic nitrogens is 1. The second-order valence-corrected chi connectivity index (χ2v) is 7.27. The third-order valence-electron chi connectivity index (χ3n) is 3.92. The first-order chi connectivity index (χ1) is 11.5. The SMILES string of the molecule is CCOc1ccc(C2CC(=O)NCc3nc(N(C)C)sc32)cc1Cl. The van der Waals surface area contributed by atoms with Crippen molar-refractivity contribution in [3.05, 3.63) is 39.4 Å². The Bertz CT molecular complexity index is 760. The van der Waals surface area contributed by atoms with E-state index in [1.807, 2.05) is 44.1 Å². The average molecular weight is 366 g/mol. The summed E-state index contributed by atoms with van der Waals surface area (Å²) in [6.07, 6.45) is 0.395. The minimum absolute atomic E-state index is 0.0293. The molecule has 1 N–H and O–H groups in total. The predicted octanol–water partition coefficient (Wildman–Crippen LogP) is 3.41. The normalized spacial score (nSPS) is 17.0. The molecule has 1 aliphatic heterocycles. The second kappa shape index (κ2) is 6.99. The molecule has 0 radical (unpaired) electrons. The van der Waals surface area contributed by atoms with Gasteiger partial charge in [-0.25, -0.2) is 4.98 Å². The Hall–Kier alpha value is -1.79. The van der Waals surface area contributed by atoms with Gasteiger partial charge in [0.25, 0.3) is 0 Å². The number of rotatable bonds is 4. The van der Waals surface area contributed by atoms with E-state index in [0.717, 1.165) is 21.3 Å². The van der Waals surface area contributed by atoms with Crippen molar-refractivity contribution in [1.82, 2.24) is 10.3 Å². The number of halogens is 1. The monoisotopic (exact) mass is 365 g/mol. The van der Waals surface area contributed by atoms with Gasteiger partial charge in [-0.15, -0.1) is 11.3 Å². The van der Waals surface area contributed by atoms with E-state index >= 15 is 0 Å². The highest BCUT2D eigenvalue weighted by Crippen LogP contribution is 2.40. The van der Waals surface area contributed by atoms with E-state index in [4.69, 9.17) is 16.3 Å². The number of nitrogens with zero attached hydrogens (tertiary/aromatic N) is 2. The van der Waals surface area contributed by atoms with Gasteiger partial charge in [0.05, 0.1) is 23.9 Å². The Morgan fingerprint density at radius 3 is 2.92 bits per heavy atom. The molecule has 3 rings (SSSR count). The van der Waals surface area contributed by atoms with Gasteiger partial charge in [-0.05, 0) is 24.6 Å². The van der Waals surface area contributed by atoms with Crippen LogP contribution in [0.15, 0.2) is 18.2 Å². The molecular weight excluding hydrogens is 346 g/mol. The molecule has 0 bridgehead atoms. The molecule has 2 heterocycles. The maximum Gasteiger partial charge on any atom is 0.221 e. The summed E-state index contributed by atoms with van der Waals surface area (Å²) in [7, 11) is 3.94. The molecule has 2 aromatic rings. The van der Waals surface area contributed by atoms with Gasteiger partial charge in [0, 0.05) is 31.3 Å². The third-order valence-corrected chi connectivity index (χ3v) is 5.59. The molecule has 128 valence electrons. The summed E-state index contributed by atoms with van der Waals surface area (Å²) in [6, 6.07) is 5.76. The van der Waals surface area contributed by atoms with Crippen LogP contribution in [0.3, 0.4) is 0 Å². The molecule has 0 saturated carbocycles. The molecule has 1 aromatic heterocycles. The quantitative estimate of drug-likeness (QED) is 0.902. The van der Waals surface area contributed by atoms with Crippen molar-refractivity contribution in [3.63, 3.8) is 0 Å². The van der Waals surface area contributed by atoms with Crippen molar-refractivity contribution in [2.45, 2.75) is 25.8 Å². The van der Waals surface area contributed by atoms with Crippen LogP contribution >= 0.6 is 22.9 Å². The van der Waals surface area contributed by atoms with Crippen molar-refractivity contribution in [2.75, 3.05) is 25.6 Å². The van der Waals surface area contributed by atoms with E-state index in [-0.39, 0.29) is 11.8 Å². The molecule has 1 atom stereocenters. The Morgan fingerprint density at radius 1 is 1.46 bits per heavy atom. The molecule has 0 saturated heterocycles. The first kappa shape index (κ1) is 17.0. The number of benzene rings is 1. The van der Waals surface area contributed by atoms with Crippen molar-refractivity contribution in [3.8, 4) is 5.75 Å². The lowest BCUT2D eigenvalue weighted by Crippen LogP contribution is -2.21. The van der Waals surface area contributed by atoms with Gasteiger partial charge in [-0.2, -0.15) is 0 Å². The molecule has 1 aliphatic rings. The second-order valence-electron chi connectivity index (χ2n) is 5.86. The Morgan fingerprint density at radius 2 is 2.25 bits per heavy atom. The number of anilines is 1. The molecular formula is C17H20ClN3O2S. The number of amides is 1. The number of carbonyl (C=O) groups is 1. The maximum atomic E-state index is 12.1. The van der Waals surface area contributed by atoms with Crippen LogP contribution in [0.2, 0.25) is 5.02 Å². The number of ether oxygens (including phenoxy) is 1. The van der Waals surface area contributed by atoms with Gasteiger partial charge in [-0.1, -0.05) is 17.7 Å². The fraction of sp³-hybridized carbons (Fsp3) is 0.412. The summed E-state index contributed by atoms with van der Waals surface area (Å²) in [4.78, 5) is 19.9. The Balaban J connectivity index is 2.02. The summed E-state index contributed by atoms with van der Waals surface area (Å²) in [6.45, 7) is 2.96. The molecule has 5 nitrogen and oxygen atoms in total. The zero-order valence-electron chi connectivity index (χ0n) is 13.9. The number of nitrogens with one attached hydrogen (secondary N) is 1. The fourth-order valence-electron chi connectivity index (χ4n) is 2.75. The Labute approximate surface area is 150 Å². The molecule has 0 fully saturated rings. The summed E-state index contributed by atoms with van der Waals surface area (Å²) in [5.41, 5.74) is 1.94. The summed E-state index contributed by atoms with van der Waals surface area (Å²) < 4.78 is 5.50. The zero-order chi connectivity index (χ0) is 17.3. The van der Waals surface area contributed by atoms with Gasteiger partial charge in [0.15, 0.2) is 5.13 Å². The average Bonchev–Trinajstić information content (AvgIpc) is 2.91. The minimum atomic E-state index is -0.0399. The van der Waals surface area contributed by atoms with Gasteiger partial charge in [0.2, 0.25) is 5.91 Å². The zero-order valence-corrected chi connectivity index (χ0v) is 15.5. The van der Waals surface area contributed by atoms with Gasteiger partial charge < -0.3 is 15.0 Å². The van der Waals surface area contributed by atoms with Gasteiger partial charge in [-0.3, -0.25) is 4.79 Å². The van der Waals surface area contributed by atoms with Crippen LogP contribution in [-0.2, 0) is 11.3 Å². The van der Waals surface area contributed by atoms with E-state index in [1.54, 1.807) is 11.3 Å². The van der Waals surface area contributed by atoms with Crippen LogP contribution in [0, 0.1) is 0 Å². The third kappa shape index (κ3) is 3.35. The van der Waals surface area contributed by atoms with Gasteiger partial charge >= 0.3 is 0 Å². The Kier molecular flexibility index (Phi) is 4.96. The van der Waals surface area contributed by atoms with E-state index < -0.39 is 0 Å². The standard InChI is InChI=1S/C17H20ClN3O2S/c1-4-23-14-6-5-10(7-12(14)18)11-8-15(22)19-9-13-16(11)24-17(20-13)21(2)3/h5-7,11H,4,8-9H2,1-3H3,(H,19,22). The van der Waals surface area contributed by atoms with Crippen molar-refractivity contribution in [2.24, 2.45) is 0 Å². The number of hydrogen-bond acceptors (Lipinski definition) is 5. The van der Waals surface area contributed by atoms with Crippen LogP contribution in [0.1, 0.15) is 35.4 Å². The van der Waals surface area contributed by atoms with Crippen molar-refractivity contribution in [1.29, 1.82) is 0 Å². The highest BCUT2D eigenvalue weighted by atomic mass is 35.5. The molecule has 1 amide bonds. The first-order valence-electron chi connectivity index (χ1n) is 7.85. The molecule has 24 heavy (non-hydrogen) atoms. The molecule has 7 heteroatoms. The number of hydrogen-bond donors (Lipinski definition) is 1. The lowest BCUT2D eigenvalue weighted by molar-refractivity contribution is -0.121. The van der Waals surface area contributed by atoms with Crippen LogP contribution in [-0.4, -0.2) is 31.6 Å². The highest BCUT2D eigenvalue weighted by Gasteiger charge is 2.28. The van der Waals surface area contributed by atoms with Crippen molar-refractivity contribution >= 4 is 34.0 Å². The predicted molar refractivity (Wildman–Crippen MR) is 97.4 cm³/mol. The molecule has 1 unspecified atom stereocenters. The summed E-state index contributed by atoms with van der Waals surface area (Å²) in [5, 5.41) is 4.44. The van der Waals surface area contributed by atoms with E-state index in [9.17, 15) is 4.79 Å². The largest absolute Gasteiger partial charge is 0.492 e. The van der Waals surface area contributed by atoms with E-state index in [1.165, 1.54) is 0 Å². The first-order valence-corrected chi connectivity index (χ1v) is 9.05. The molecule has 0 spiro atoms. The number of fused-ring (bicyclic) bond motifs is 1. The van der Waals surface area contributed by atoms with E-state index in [0.29, 0.717) is 30.3 Å². The smallest absolute Gasteiger partial charge is 0.221 e.